The molecule has 1 saturated heterocycles. The smallest absolute Gasteiger partial charge is 0.213 e. The SMILES string of the molecule is N=C(N)c1ccc(OCC2CCCO2)nc1. The van der Waals surface area contributed by atoms with Crippen LogP contribution in [0.2, 0.25) is 0 Å². The number of pyridine rings is 1. The molecule has 0 amide bonds. The van der Waals surface area contributed by atoms with E-state index in [1.807, 2.05) is 0 Å². The number of hydrogen-bond donors (Lipinski definition) is 2. The Balaban J connectivity index is 1.87. The Labute approximate surface area is 94.1 Å². The van der Waals surface area contributed by atoms with Gasteiger partial charge in [-0.3, -0.25) is 5.41 Å². The minimum absolute atomic E-state index is 0.0122. The van der Waals surface area contributed by atoms with Crippen molar-refractivity contribution < 1.29 is 9.47 Å². The molecule has 16 heavy (non-hydrogen) atoms. The Bertz CT molecular complexity index is 358. The van der Waals surface area contributed by atoms with Gasteiger partial charge in [-0.15, -0.1) is 0 Å². The van der Waals surface area contributed by atoms with Gasteiger partial charge in [-0.2, -0.15) is 0 Å². The number of amidine groups is 1. The van der Waals surface area contributed by atoms with E-state index in [-0.39, 0.29) is 11.9 Å². The third kappa shape index (κ3) is 2.70. The van der Waals surface area contributed by atoms with E-state index in [0.717, 1.165) is 19.4 Å². The molecule has 1 aliphatic heterocycles. The summed E-state index contributed by atoms with van der Waals surface area (Å²) in [4.78, 5) is 4.06. The molecule has 0 aromatic carbocycles. The van der Waals surface area contributed by atoms with Gasteiger partial charge in [0.25, 0.3) is 0 Å². The van der Waals surface area contributed by atoms with Gasteiger partial charge < -0.3 is 15.2 Å². The van der Waals surface area contributed by atoms with Crippen LogP contribution in [0.1, 0.15) is 18.4 Å². The van der Waals surface area contributed by atoms with Crippen LogP contribution >= 0.6 is 0 Å². The molecule has 1 fully saturated rings. The molecule has 0 saturated carbocycles. The monoisotopic (exact) mass is 221 g/mol. The minimum atomic E-state index is 0.0122. The molecule has 1 atom stereocenters. The summed E-state index contributed by atoms with van der Waals surface area (Å²) in [5, 5.41) is 7.22. The predicted octanol–water partition coefficient (Wildman–Crippen LogP) is 0.923. The molecular weight excluding hydrogens is 206 g/mol. The number of aromatic nitrogens is 1. The van der Waals surface area contributed by atoms with Gasteiger partial charge in [0.15, 0.2) is 0 Å². The van der Waals surface area contributed by atoms with E-state index < -0.39 is 0 Å². The number of rotatable bonds is 4. The van der Waals surface area contributed by atoms with Crippen LogP contribution in [0.3, 0.4) is 0 Å². The maximum atomic E-state index is 7.22. The number of nitrogens with two attached hydrogens (primary N) is 1. The second-order valence-corrected chi connectivity index (χ2v) is 3.74. The van der Waals surface area contributed by atoms with Crippen LogP contribution in [-0.2, 0) is 4.74 Å². The highest BCUT2D eigenvalue weighted by molar-refractivity contribution is 5.94. The average molecular weight is 221 g/mol. The Morgan fingerprint density at radius 3 is 3.06 bits per heavy atom. The summed E-state index contributed by atoms with van der Waals surface area (Å²) in [6.45, 7) is 1.36. The van der Waals surface area contributed by atoms with Gasteiger partial charge in [-0.05, 0) is 18.9 Å². The van der Waals surface area contributed by atoms with Crippen LogP contribution in [0.5, 0.6) is 5.88 Å². The molecule has 0 bridgehead atoms. The topological polar surface area (TPSA) is 81.2 Å². The summed E-state index contributed by atoms with van der Waals surface area (Å²) in [6.07, 6.45) is 3.87. The molecule has 2 rings (SSSR count). The van der Waals surface area contributed by atoms with Gasteiger partial charge in [-0.25, -0.2) is 4.98 Å². The molecule has 2 heterocycles. The quantitative estimate of drug-likeness (QED) is 0.585. The van der Waals surface area contributed by atoms with Crippen LogP contribution in [0.25, 0.3) is 0 Å². The van der Waals surface area contributed by atoms with Gasteiger partial charge in [0.2, 0.25) is 5.88 Å². The van der Waals surface area contributed by atoms with Crippen LogP contribution in [-0.4, -0.2) is 30.1 Å². The molecule has 5 nitrogen and oxygen atoms in total. The summed E-state index contributed by atoms with van der Waals surface area (Å²) in [5.74, 6) is 0.554. The molecule has 86 valence electrons. The summed E-state index contributed by atoms with van der Waals surface area (Å²) < 4.78 is 10.9. The second-order valence-electron chi connectivity index (χ2n) is 3.74. The third-order valence-corrected chi connectivity index (χ3v) is 2.49. The van der Waals surface area contributed by atoms with E-state index in [2.05, 4.69) is 4.98 Å². The molecule has 1 aromatic rings. The lowest BCUT2D eigenvalue weighted by atomic mass is 10.2. The number of ether oxygens (including phenoxy) is 2. The summed E-state index contributed by atoms with van der Waals surface area (Å²) in [6, 6.07) is 3.44. The lowest BCUT2D eigenvalue weighted by Crippen LogP contribution is -2.17. The Hall–Kier alpha value is -1.62. The number of nitrogens with zero attached hydrogens (tertiary/aromatic N) is 1. The fraction of sp³-hybridized carbons (Fsp3) is 0.455. The van der Waals surface area contributed by atoms with Gasteiger partial charge in [0.05, 0.1) is 6.10 Å². The zero-order chi connectivity index (χ0) is 11.4. The molecule has 0 radical (unpaired) electrons. The van der Waals surface area contributed by atoms with E-state index in [4.69, 9.17) is 20.6 Å². The average Bonchev–Trinajstić information content (AvgIpc) is 2.80. The minimum Gasteiger partial charge on any atom is -0.475 e. The molecule has 5 heteroatoms. The van der Waals surface area contributed by atoms with Gasteiger partial charge in [0.1, 0.15) is 12.4 Å². The number of nitrogen functional groups attached to an aromatic ring is 1. The highest BCUT2D eigenvalue weighted by Gasteiger charge is 2.16. The third-order valence-electron chi connectivity index (χ3n) is 2.49. The maximum Gasteiger partial charge on any atom is 0.213 e. The molecule has 1 aromatic heterocycles. The normalized spacial score (nSPS) is 19.6. The van der Waals surface area contributed by atoms with Crippen molar-refractivity contribution in [3.05, 3.63) is 23.9 Å². The van der Waals surface area contributed by atoms with Crippen molar-refractivity contribution >= 4 is 5.84 Å². The van der Waals surface area contributed by atoms with E-state index in [0.29, 0.717) is 18.1 Å². The molecule has 3 N–H and O–H groups in total. The van der Waals surface area contributed by atoms with E-state index in [9.17, 15) is 0 Å². The van der Waals surface area contributed by atoms with Crippen molar-refractivity contribution in [3.8, 4) is 5.88 Å². The number of nitrogens with one attached hydrogen (secondary N) is 1. The molecule has 0 spiro atoms. The van der Waals surface area contributed by atoms with Crippen molar-refractivity contribution in [1.82, 2.24) is 4.98 Å². The van der Waals surface area contributed by atoms with Gasteiger partial charge in [-0.1, -0.05) is 0 Å². The summed E-state index contributed by atoms with van der Waals surface area (Å²) >= 11 is 0. The Kier molecular flexibility index (Phi) is 3.36. The Morgan fingerprint density at radius 1 is 1.62 bits per heavy atom. The van der Waals surface area contributed by atoms with Crippen LogP contribution in [0.15, 0.2) is 18.3 Å². The van der Waals surface area contributed by atoms with Crippen LogP contribution < -0.4 is 10.5 Å². The predicted molar refractivity (Wildman–Crippen MR) is 59.7 cm³/mol. The zero-order valence-corrected chi connectivity index (χ0v) is 8.98. The largest absolute Gasteiger partial charge is 0.475 e. The first-order valence-electron chi connectivity index (χ1n) is 5.30. The lowest BCUT2D eigenvalue weighted by molar-refractivity contribution is 0.0663. The van der Waals surface area contributed by atoms with Crippen LogP contribution in [0.4, 0.5) is 0 Å². The number of hydrogen-bond acceptors (Lipinski definition) is 4. The zero-order valence-electron chi connectivity index (χ0n) is 8.98. The standard InChI is InChI=1S/C11H15N3O2/c12-11(13)8-3-4-10(14-6-8)16-7-9-2-1-5-15-9/h3-4,6,9H,1-2,5,7H2,(H3,12,13). The second kappa shape index (κ2) is 4.94. The molecule has 0 aliphatic carbocycles. The fourth-order valence-electron chi connectivity index (χ4n) is 1.58. The highest BCUT2D eigenvalue weighted by atomic mass is 16.5. The Morgan fingerprint density at radius 2 is 2.50 bits per heavy atom. The van der Waals surface area contributed by atoms with Crippen molar-refractivity contribution in [2.75, 3.05) is 13.2 Å². The van der Waals surface area contributed by atoms with Gasteiger partial charge in [0, 0.05) is 24.4 Å². The summed E-state index contributed by atoms with van der Waals surface area (Å²) in [7, 11) is 0. The van der Waals surface area contributed by atoms with Crippen molar-refractivity contribution in [3.63, 3.8) is 0 Å². The summed E-state index contributed by atoms with van der Waals surface area (Å²) in [5.41, 5.74) is 5.92. The van der Waals surface area contributed by atoms with Gasteiger partial charge >= 0.3 is 0 Å². The first-order chi connectivity index (χ1) is 7.75. The van der Waals surface area contributed by atoms with E-state index in [1.165, 1.54) is 6.20 Å². The fourth-order valence-corrected chi connectivity index (χ4v) is 1.58. The van der Waals surface area contributed by atoms with E-state index >= 15 is 0 Å². The van der Waals surface area contributed by atoms with Crippen LogP contribution in [0, 0.1) is 5.41 Å². The lowest BCUT2D eigenvalue weighted by Gasteiger charge is -2.10. The molecule has 1 unspecified atom stereocenters. The highest BCUT2D eigenvalue weighted by Crippen LogP contribution is 2.14. The first-order valence-corrected chi connectivity index (χ1v) is 5.30. The molecular formula is C11H15N3O2. The van der Waals surface area contributed by atoms with E-state index in [1.54, 1.807) is 12.1 Å². The van der Waals surface area contributed by atoms with Crippen molar-refractivity contribution in [1.29, 1.82) is 5.41 Å². The van der Waals surface area contributed by atoms with Crippen molar-refractivity contribution in [2.45, 2.75) is 18.9 Å². The molecule has 1 aliphatic rings. The first kappa shape index (κ1) is 10.9. The van der Waals surface area contributed by atoms with Crippen molar-refractivity contribution in [2.24, 2.45) is 5.73 Å². The maximum absolute atomic E-state index is 7.22.